The van der Waals surface area contributed by atoms with E-state index in [0.29, 0.717) is 6.54 Å². The molecule has 2 nitrogen and oxygen atoms in total. The van der Waals surface area contributed by atoms with Gasteiger partial charge in [0.25, 0.3) is 0 Å². The fourth-order valence-corrected chi connectivity index (χ4v) is 2.58. The van der Waals surface area contributed by atoms with E-state index in [-0.39, 0.29) is 0 Å². The van der Waals surface area contributed by atoms with Gasteiger partial charge in [-0.25, -0.2) is 0 Å². The first kappa shape index (κ1) is 8.16. The van der Waals surface area contributed by atoms with Gasteiger partial charge in [0.2, 0.25) is 0 Å². The predicted octanol–water partition coefficient (Wildman–Crippen LogP) is 2.52. The van der Waals surface area contributed by atoms with E-state index in [1.54, 1.807) is 17.5 Å². The third kappa shape index (κ3) is 1.26. The molecule has 2 N–H and O–H groups in total. The summed E-state index contributed by atoms with van der Waals surface area (Å²) in [7, 11) is 0. The highest BCUT2D eigenvalue weighted by molar-refractivity contribution is 9.10. The molecule has 12 heavy (non-hydrogen) atoms. The molecule has 62 valence electrons. The van der Waals surface area contributed by atoms with Crippen LogP contribution in [0.3, 0.4) is 0 Å². The Morgan fingerprint density at radius 1 is 1.50 bits per heavy atom. The lowest BCUT2D eigenvalue weighted by Gasteiger charge is -1.89. The van der Waals surface area contributed by atoms with Crippen molar-refractivity contribution in [1.82, 2.24) is 4.98 Å². The maximum absolute atomic E-state index is 5.54. The number of hydrogen-bond donors (Lipinski definition) is 1. The number of pyridine rings is 1. The van der Waals surface area contributed by atoms with Crippen molar-refractivity contribution in [2.45, 2.75) is 6.54 Å². The van der Waals surface area contributed by atoms with Gasteiger partial charge in [-0.1, -0.05) is 0 Å². The van der Waals surface area contributed by atoms with E-state index in [4.69, 9.17) is 5.73 Å². The van der Waals surface area contributed by atoms with E-state index in [0.717, 1.165) is 9.86 Å². The lowest BCUT2D eigenvalue weighted by Crippen LogP contribution is -1.90. The number of fused-ring (bicyclic) bond motifs is 1. The molecule has 2 rings (SSSR count). The predicted molar refractivity (Wildman–Crippen MR) is 55.2 cm³/mol. The highest BCUT2D eigenvalue weighted by Crippen LogP contribution is 2.30. The molecule has 0 unspecified atom stereocenters. The maximum atomic E-state index is 5.54. The summed E-state index contributed by atoms with van der Waals surface area (Å²) in [5.74, 6) is 0. The van der Waals surface area contributed by atoms with Gasteiger partial charge in [-0.15, -0.1) is 11.3 Å². The molecule has 0 spiro atoms. The highest BCUT2D eigenvalue weighted by Gasteiger charge is 2.03. The van der Waals surface area contributed by atoms with E-state index >= 15 is 0 Å². The third-order valence-corrected chi connectivity index (χ3v) is 3.70. The average Bonchev–Trinajstić information content (AvgIpc) is 2.49. The van der Waals surface area contributed by atoms with Gasteiger partial charge < -0.3 is 5.73 Å². The summed E-state index contributed by atoms with van der Waals surface area (Å²) in [6.45, 7) is 0.603. The first-order valence-electron chi connectivity index (χ1n) is 3.53. The van der Waals surface area contributed by atoms with E-state index < -0.39 is 0 Å². The Hall–Kier alpha value is -0.450. The second-order valence-electron chi connectivity index (χ2n) is 2.46. The van der Waals surface area contributed by atoms with Gasteiger partial charge in [0.05, 0.1) is 9.17 Å². The molecule has 0 bridgehead atoms. The normalized spacial score (nSPS) is 10.8. The Labute approximate surface area is 82.5 Å². The molecule has 0 saturated carbocycles. The zero-order valence-corrected chi connectivity index (χ0v) is 8.65. The molecule has 2 heterocycles. The summed E-state index contributed by atoms with van der Waals surface area (Å²) in [4.78, 5) is 5.27. The van der Waals surface area contributed by atoms with Crippen LogP contribution in [0, 0.1) is 0 Å². The smallest absolute Gasteiger partial charge is 0.0537 e. The second-order valence-corrected chi connectivity index (χ2v) is 4.45. The van der Waals surface area contributed by atoms with Crippen molar-refractivity contribution in [3.8, 4) is 0 Å². The summed E-state index contributed by atoms with van der Waals surface area (Å²) in [6, 6.07) is 2.08. The molecule has 0 aliphatic carbocycles. The molecule has 0 atom stereocenters. The fraction of sp³-hybridized carbons (Fsp3) is 0.125. The second kappa shape index (κ2) is 3.12. The van der Waals surface area contributed by atoms with E-state index in [1.165, 1.54) is 9.58 Å². The molecule has 2 aromatic rings. The molecule has 0 aromatic carbocycles. The number of aromatic nitrogens is 1. The quantitative estimate of drug-likeness (QED) is 0.835. The van der Waals surface area contributed by atoms with Crippen molar-refractivity contribution in [3.63, 3.8) is 0 Å². The zero-order valence-electron chi connectivity index (χ0n) is 6.25. The molecule has 0 radical (unpaired) electrons. The van der Waals surface area contributed by atoms with Gasteiger partial charge in [0, 0.05) is 29.2 Å². The molecule has 0 aliphatic rings. The maximum Gasteiger partial charge on any atom is 0.0537 e. The first-order chi connectivity index (χ1) is 5.81. The van der Waals surface area contributed by atoms with Crippen LogP contribution in [0.15, 0.2) is 22.9 Å². The molecule has 0 amide bonds. The van der Waals surface area contributed by atoms with Crippen molar-refractivity contribution >= 4 is 37.4 Å². The minimum absolute atomic E-state index is 0.603. The van der Waals surface area contributed by atoms with Crippen LogP contribution < -0.4 is 5.73 Å². The number of nitrogens with zero attached hydrogens (tertiary/aromatic N) is 1. The van der Waals surface area contributed by atoms with E-state index in [9.17, 15) is 0 Å². The van der Waals surface area contributed by atoms with Crippen molar-refractivity contribution in [3.05, 3.63) is 27.8 Å². The topological polar surface area (TPSA) is 38.9 Å². The summed E-state index contributed by atoms with van der Waals surface area (Å²) >= 11 is 5.16. The fourth-order valence-electron chi connectivity index (χ4n) is 1.08. The Morgan fingerprint density at radius 2 is 2.33 bits per heavy atom. The molecule has 4 heteroatoms. The molecular formula is C8H7BrN2S. The van der Waals surface area contributed by atoms with Gasteiger partial charge in [-0.2, -0.15) is 0 Å². The largest absolute Gasteiger partial charge is 0.326 e. The number of rotatable bonds is 1. The Balaban J connectivity index is 2.74. The van der Waals surface area contributed by atoms with Gasteiger partial charge in [0.1, 0.15) is 0 Å². The van der Waals surface area contributed by atoms with Gasteiger partial charge in [0.15, 0.2) is 0 Å². The molecule has 2 aromatic heterocycles. The van der Waals surface area contributed by atoms with Crippen molar-refractivity contribution < 1.29 is 0 Å². The number of halogens is 1. The van der Waals surface area contributed by atoms with Crippen LogP contribution >= 0.6 is 27.3 Å². The summed E-state index contributed by atoms with van der Waals surface area (Å²) in [5.41, 5.74) is 5.54. The van der Waals surface area contributed by atoms with Gasteiger partial charge in [-0.05, 0) is 22.0 Å². The van der Waals surface area contributed by atoms with Crippen molar-refractivity contribution in [1.29, 1.82) is 0 Å². The average molecular weight is 243 g/mol. The van der Waals surface area contributed by atoms with Crippen LogP contribution in [0.25, 0.3) is 10.1 Å². The minimum Gasteiger partial charge on any atom is -0.326 e. The number of nitrogens with two attached hydrogens (primary N) is 1. The zero-order chi connectivity index (χ0) is 8.55. The van der Waals surface area contributed by atoms with Crippen LogP contribution in [-0.4, -0.2) is 4.98 Å². The summed E-state index contributed by atoms with van der Waals surface area (Å²) < 4.78 is 2.27. The number of thiophene rings is 1. The monoisotopic (exact) mass is 242 g/mol. The molecule has 0 aliphatic heterocycles. The highest BCUT2D eigenvalue weighted by atomic mass is 79.9. The Morgan fingerprint density at radius 3 is 3.00 bits per heavy atom. The Bertz CT molecular complexity index is 410. The summed E-state index contributed by atoms with van der Waals surface area (Å²) in [5, 5.41) is 1.16. The number of hydrogen-bond acceptors (Lipinski definition) is 3. The standard InChI is InChI=1S/C8H7BrN2S/c9-7-4-11-3-5-1-6(2-10)12-8(5)7/h1,3-4H,2,10H2. The lowest BCUT2D eigenvalue weighted by molar-refractivity contribution is 1.11. The van der Waals surface area contributed by atoms with Crippen LogP contribution in [0.1, 0.15) is 4.88 Å². The van der Waals surface area contributed by atoms with Gasteiger partial charge in [-0.3, -0.25) is 4.98 Å². The van der Waals surface area contributed by atoms with Crippen molar-refractivity contribution in [2.24, 2.45) is 5.73 Å². The molecular weight excluding hydrogens is 236 g/mol. The van der Waals surface area contributed by atoms with Crippen LogP contribution in [0.4, 0.5) is 0 Å². The lowest BCUT2D eigenvalue weighted by atomic mass is 10.3. The minimum atomic E-state index is 0.603. The third-order valence-electron chi connectivity index (χ3n) is 1.63. The molecule has 0 fully saturated rings. The Kier molecular flexibility index (Phi) is 2.12. The molecule has 0 saturated heterocycles. The van der Waals surface area contributed by atoms with Crippen molar-refractivity contribution in [2.75, 3.05) is 0 Å². The van der Waals surface area contributed by atoms with E-state index in [1.807, 2.05) is 6.20 Å². The van der Waals surface area contributed by atoms with Crippen LogP contribution in [0.5, 0.6) is 0 Å². The summed E-state index contributed by atoms with van der Waals surface area (Å²) in [6.07, 6.45) is 3.66. The van der Waals surface area contributed by atoms with Crippen LogP contribution in [0.2, 0.25) is 0 Å². The van der Waals surface area contributed by atoms with Crippen LogP contribution in [-0.2, 0) is 6.54 Å². The van der Waals surface area contributed by atoms with E-state index in [2.05, 4.69) is 27.0 Å². The first-order valence-corrected chi connectivity index (χ1v) is 5.14. The van der Waals surface area contributed by atoms with Gasteiger partial charge >= 0.3 is 0 Å². The SMILES string of the molecule is NCc1cc2cncc(Br)c2s1.